The van der Waals surface area contributed by atoms with Gasteiger partial charge in [-0.1, -0.05) is 195 Å². The molecular formula is C61H59N. The van der Waals surface area contributed by atoms with Crippen LogP contribution in [0.1, 0.15) is 120 Å². The Morgan fingerprint density at radius 1 is 0.403 bits per heavy atom. The molecule has 0 amide bonds. The summed E-state index contributed by atoms with van der Waals surface area (Å²) in [6.45, 7) is 23.0. The first-order valence-corrected chi connectivity index (χ1v) is 22.9. The molecule has 0 aromatic heterocycles. The van der Waals surface area contributed by atoms with Crippen molar-refractivity contribution in [3.05, 3.63) is 219 Å². The van der Waals surface area contributed by atoms with Crippen molar-refractivity contribution in [3.8, 4) is 33.4 Å². The second-order valence-electron chi connectivity index (χ2n) is 19.2. The number of hydrogen-bond acceptors (Lipinski definition) is 1. The molecule has 308 valence electrons. The van der Waals surface area contributed by atoms with E-state index in [9.17, 15) is 0 Å². The van der Waals surface area contributed by atoms with Crippen LogP contribution in [0.2, 0.25) is 0 Å². The van der Waals surface area contributed by atoms with Gasteiger partial charge < -0.3 is 4.90 Å². The average Bonchev–Trinajstić information content (AvgIpc) is 3.81. The van der Waals surface area contributed by atoms with Crippen molar-refractivity contribution in [2.75, 3.05) is 4.90 Å². The van der Waals surface area contributed by atoms with Gasteiger partial charge in [-0.3, -0.25) is 0 Å². The van der Waals surface area contributed by atoms with Crippen LogP contribution in [0.25, 0.3) is 33.4 Å². The molecule has 0 bridgehead atoms. The molecule has 1 atom stereocenters. The quantitative estimate of drug-likeness (QED) is 0.167. The minimum atomic E-state index is -0.427. The molecule has 62 heavy (non-hydrogen) atoms. The van der Waals surface area contributed by atoms with Gasteiger partial charge in [0, 0.05) is 33.3 Å². The summed E-state index contributed by atoms with van der Waals surface area (Å²) in [5.74, 6) is 0. The lowest BCUT2D eigenvalue weighted by atomic mass is 9.55. The topological polar surface area (TPSA) is 3.24 Å². The van der Waals surface area contributed by atoms with Gasteiger partial charge in [0.05, 0.1) is 5.41 Å². The van der Waals surface area contributed by atoms with Gasteiger partial charge in [-0.05, 0) is 133 Å². The Bertz CT molecular complexity index is 2910. The van der Waals surface area contributed by atoms with Crippen molar-refractivity contribution in [1.82, 2.24) is 0 Å². The molecule has 4 aliphatic rings. The maximum atomic E-state index is 2.53. The van der Waals surface area contributed by atoms with Gasteiger partial charge in [0.15, 0.2) is 0 Å². The van der Waals surface area contributed by atoms with Crippen LogP contribution in [0.3, 0.4) is 0 Å². The number of fused-ring (bicyclic) bond motifs is 13. The lowest BCUT2D eigenvalue weighted by molar-refractivity contribution is 0.552. The summed E-state index contributed by atoms with van der Waals surface area (Å²) >= 11 is 0. The molecule has 0 fully saturated rings. The maximum Gasteiger partial charge on any atom is 0.0716 e. The van der Waals surface area contributed by atoms with Crippen LogP contribution in [0.15, 0.2) is 175 Å². The second-order valence-corrected chi connectivity index (χ2v) is 19.2. The van der Waals surface area contributed by atoms with Crippen LogP contribution < -0.4 is 4.90 Å². The van der Waals surface area contributed by atoms with E-state index < -0.39 is 5.41 Å². The molecule has 1 spiro atoms. The van der Waals surface area contributed by atoms with E-state index in [1.165, 1.54) is 100 Å². The van der Waals surface area contributed by atoms with Gasteiger partial charge in [-0.25, -0.2) is 0 Å². The first kappa shape index (κ1) is 39.9. The van der Waals surface area contributed by atoms with Crippen LogP contribution >= 0.6 is 0 Å². The highest BCUT2D eigenvalue weighted by Crippen LogP contribution is 2.63. The van der Waals surface area contributed by atoms with Gasteiger partial charge in [0.25, 0.3) is 0 Å². The van der Waals surface area contributed by atoms with E-state index in [-0.39, 0.29) is 16.2 Å². The molecule has 0 heterocycles. The lowest BCUT2D eigenvalue weighted by Gasteiger charge is -2.47. The highest BCUT2D eigenvalue weighted by atomic mass is 15.1. The number of rotatable bonds is 5. The Labute approximate surface area is 370 Å². The van der Waals surface area contributed by atoms with Crippen molar-refractivity contribution >= 4 is 17.1 Å². The molecule has 0 aliphatic heterocycles. The van der Waals surface area contributed by atoms with Gasteiger partial charge in [-0.15, -0.1) is 0 Å². The molecule has 1 heteroatoms. The SMILES string of the molecule is CC.CC/C=C\C1=C(C)C(C)(C)c2ccccc2C12c1ccccc1-c1cc(N(c3ccc4c(c3)C(C)(C)c3ccccc3-4)c3ccc4c(c3)C(C)(C)c3ccccc3-4)ccc12. The van der Waals surface area contributed by atoms with Crippen molar-refractivity contribution in [2.45, 2.75) is 97.3 Å². The third-order valence-electron chi connectivity index (χ3n) is 15.2. The van der Waals surface area contributed by atoms with Crippen LogP contribution in [-0.2, 0) is 21.7 Å². The third-order valence-corrected chi connectivity index (χ3v) is 15.2. The molecule has 1 unspecified atom stereocenters. The van der Waals surface area contributed by atoms with E-state index in [0.717, 1.165) is 12.1 Å². The third kappa shape index (κ3) is 5.27. The van der Waals surface area contributed by atoms with E-state index >= 15 is 0 Å². The van der Waals surface area contributed by atoms with E-state index in [1.807, 2.05) is 13.8 Å². The first-order chi connectivity index (χ1) is 29.9. The summed E-state index contributed by atoms with van der Waals surface area (Å²) in [5, 5.41) is 0. The Hall–Kier alpha value is -6.18. The predicted octanol–water partition coefficient (Wildman–Crippen LogP) is 16.7. The molecular weight excluding hydrogens is 747 g/mol. The summed E-state index contributed by atoms with van der Waals surface area (Å²) in [7, 11) is 0. The Morgan fingerprint density at radius 2 is 0.806 bits per heavy atom. The van der Waals surface area contributed by atoms with Crippen molar-refractivity contribution < 1.29 is 0 Å². The molecule has 7 aromatic carbocycles. The minimum Gasteiger partial charge on any atom is -0.310 e. The largest absolute Gasteiger partial charge is 0.310 e. The highest BCUT2D eigenvalue weighted by Gasteiger charge is 2.53. The monoisotopic (exact) mass is 805 g/mol. The fraction of sp³-hybridized carbons (Fsp3) is 0.246. The molecule has 11 rings (SSSR count). The van der Waals surface area contributed by atoms with Gasteiger partial charge in [0.2, 0.25) is 0 Å². The van der Waals surface area contributed by atoms with Crippen LogP contribution in [0.5, 0.6) is 0 Å². The zero-order valence-corrected chi connectivity index (χ0v) is 38.2. The second kappa shape index (κ2) is 14.2. The Morgan fingerprint density at radius 3 is 1.34 bits per heavy atom. The lowest BCUT2D eigenvalue weighted by Crippen LogP contribution is -2.40. The fourth-order valence-electron chi connectivity index (χ4n) is 11.9. The molecule has 0 saturated heterocycles. The first-order valence-electron chi connectivity index (χ1n) is 22.9. The molecule has 1 nitrogen and oxygen atoms in total. The normalized spacial score (nSPS) is 18.5. The summed E-state index contributed by atoms with van der Waals surface area (Å²) in [6, 6.07) is 58.2. The molecule has 7 aromatic rings. The molecule has 0 N–H and O–H groups in total. The van der Waals surface area contributed by atoms with Crippen molar-refractivity contribution in [3.63, 3.8) is 0 Å². The number of anilines is 3. The Kier molecular flexibility index (Phi) is 9.13. The number of nitrogens with zero attached hydrogens (tertiary/aromatic N) is 1. The zero-order chi connectivity index (χ0) is 43.3. The summed E-state index contributed by atoms with van der Waals surface area (Å²) in [5.41, 5.74) is 24.7. The standard InChI is InChI=1S/C59H53N.C2H6/c1-9-10-22-47-37(2)56(3,4)52-26-17-18-27-53(52)59(47)50-25-16-13-21-43(50)46-34-38(30-33-51(46)59)60(39-28-31-44-41-19-11-14-23-48(41)57(5,6)54(44)35-39)40-29-32-45-42-20-12-15-24-49(42)58(7,8)55(45)36-40;1-2/h10-36H,9H2,1-8H3;1-2H3/b22-10-;. The Balaban J connectivity index is 0.00000226. The zero-order valence-electron chi connectivity index (χ0n) is 38.2. The molecule has 0 radical (unpaired) electrons. The summed E-state index contributed by atoms with van der Waals surface area (Å²) in [6.07, 6.45) is 5.80. The number of benzene rings is 7. The van der Waals surface area contributed by atoms with Crippen LogP contribution in [0.4, 0.5) is 17.1 Å². The predicted molar refractivity (Wildman–Crippen MR) is 265 cm³/mol. The average molecular weight is 806 g/mol. The van der Waals surface area contributed by atoms with E-state index in [2.05, 4.69) is 224 Å². The van der Waals surface area contributed by atoms with E-state index in [4.69, 9.17) is 0 Å². The summed E-state index contributed by atoms with van der Waals surface area (Å²) < 4.78 is 0. The van der Waals surface area contributed by atoms with Crippen molar-refractivity contribution in [1.29, 1.82) is 0 Å². The van der Waals surface area contributed by atoms with Crippen LogP contribution in [0, 0.1) is 0 Å². The number of hydrogen-bond donors (Lipinski definition) is 0. The molecule has 4 aliphatic carbocycles. The summed E-state index contributed by atoms with van der Waals surface area (Å²) in [4.78, 5) is 2.53. The molecule has 0 saturated carbocycles. The maximum absolute atomic E-state index is 2.53. The highest BCUT2D eigenvalue weighted by molar-refractivity contribution is 5.93. The van der Waals surface area contributed by atoms with Gasteiger partial charge >= 0.3 is 0 Å². The minimum absolute atomic E-state index is 0.105. The smallest absolute Gasteiger partial charge is 0.0716 e. The van der Waals surface area contributed by atoms with Crippen molar-refractivity contribution in [2.24, 2.45) is 0 Å². The van der Waals surface area contributed by atoms with E-state index in [0.29, 0.717) is 0 Å². The number of allylic oxidation sites excluding steroid dienone is 4. The van der Waals surface area contributed by atoms with Gasteiger partial charge in [-0.2, -0.15) is 0 Å². The fourth-order valence-corrected chi connectivity index (χ4v) is 11.9. The van der Waals surface area contributed by atoms with Gasteiger partial charge in [0.1, 0.15) is 0 Å². The van der Waals surface area contributed by atoms with Crippen LogP contribution in [-0.4, -0.2) is 0 Å². The van der Waals surface area contributed by atoms with E-state index in [1.54, 1.807) is 0 Å².